The third kappa shape index (κ3) is 3.05. The second-order valence-corrected chi connectivity index (χ2v) is 7.17. The van der Waals surface area contributed by atoms with Crippen molar-refractivity contribution < 1.29 is 18.0 Å². The average molecular weight is 411 g/mol. The third-order valence-corrected chi connectivity index (χ3v) is 4.97. The lowest BCUT2D eigenvalue weighted by Gasteiger charge is -2.38. The Morgan fingerprint density at radius 3 is 2.68 bits per heavy atom. The van der Waals surface area contributed by atoms with Gasteiger partial charge in [0.15, 0.2) is 0 Å². The summed E-state index contributed by atoms with van der Waals surface area (Å²) in [5, 5.41) is 0.141. The number of amides is 1. The van der Waals surface area contributed by atoms with Gasteiger partial charge in [0.1, 0.15) is 24.3 Å². The van der Waals surface area contributed by atoms with Gasteiger partial charge in [-0.05, 0) is 17.7 Å². The number of carbonyl (C=O) groups excluding carboxylic acids is 1. The maximum atomic E-state index is 13.5. The summed E-state index contributed by atoms with van der Waals surface area (Å²) in [6.45, 7) is -1.70. The molecule has 0 bridgehead atoms. The first kappa shape index (κ1) is 18.5. The number of likely N-dealkylation sites (tertiary alicyclic amines) is 1. The molecule has 10 heteroatoms. The van der Waals surface area contributed by atoms with Gasteiger partial charge in [-0.15, -0.1) is 0 Å². The molecule has 1 amide bonds. The molecule has 146 valence electrons. The summed E-state index contributed by atoms with van der Waals surface area (Å²) < 4.78 is 42.1. The summed E-state index contributed by atoms with van der Waals surface area (Å²) in [5.41, 5.74) is 0.873. The Balaban J connectivity index is 1.75. The van der Waals surface area contributed by atoms with E-state index in [1.165, 1.54) is 24.5 Å². The molecular formula is C18H14ClF3N4O2. The predicted octanol–water partition coefficient (Wildman–Crippen LogP) is 2.67. The van der Waals surface area contributed by atoms with E-state index >= 15 is 0 Å². The number of hydrogen-bond donors (Lipinski definition) is 0. The van der Waals surface area contributed by atoms with Crippen molar-refractivity contribution in [1.82, 2.24) is 19.0 Å². The number of aromatic nitrogens is 3. The fraction of sp³-hybridized carbons (Fsp3) is 0.278. The second kappa shape index (κ2) is 6.37. The first-order chi connectivity index (χ1) is 13.2. The van der Waals surface area contributed by atoms with Gasteiger partial charge in [0.05, 0.1) is 23.5 Å². The van der Waals surface area contributed by atoms with E-state index in [1.807, 2.05) is 0 Å². The minimum atomic E-state index is -2.88. The zero-order valence-electron chi connectivity index (χ0n) is 14.6. The first-order valence-corrected chi connectivity index (χ1v) is 8.69. The van der Waals surface area contributed by atoms with Crippen molar-refractivity contribution in [3.05, 3.63) is 51.9 Å². The number of halogens is 4. The quantitative estimate of drug-likeness (QED) is 0.667. The van der Waals surface area contributed by atoms with E-state index in [0.717, 1.165) is 9.47 Å². The van der Waals surface area contributed by atoms with Gasteiger partial charge in [0, 0.05) is 18.8 Å². The van der Waals surface area contributed by atoms with Gasteiger partial charge in [0.2, 0.25) is 5.91 Å². The highest BCUT2D eigenvalue weighted by Gasteiger charge is 2.46. The zero-order valence-corrected chi connectivity index (χ0v) is 15.4. The van der Waals surface area contributed by atoms with E-state index in [9.17, 15) is 22.8 Å². The Hall–Kier alpha value is -2.81. The lowest BCUT2D eigenvalue weighted by molar-refractivity contribution is -0.166. The van der Waals surface area contributed by atoms with Crippen molar-refractivity contribution in [3.8, 4) is 11.1 Å². The summed E-state index contributed by atoms with van der Waals surface area (Å²) in [7, 11) is 1.70. The summed E-state index contributed by atoms with van der Waals surface area (Å²) >= 11 is 5.85. The van der Waals surface area contributed by atoms with Crippen molar-refractivity contribution >= 4 is 28.5 Å². The maximum absolute atomic E-state index is 13.5. The van der Waals surface area contributed by atoms with E-state index in [4.69, 9.17) is 11.6 Å². The van der Waals surface area contributed by atoms with Crippen LogP contribution in [0, 0.1) is 5.82 Å². The molecule has 6 nitrogen and oxygen atoms in total. The average Bonchev–Trinajstić information content (AvgIpc) is 2.95. The van der Waals surface area contributed by atoms with Crippen LogP contribution in [0.25, 0.3) is 22.2 Å². The van der Waals surface area contributed by atoms with Crippen molar-refractivity contribution in [3.63, 3.8) is 0 Å². The van der Waals surface area contributed by atoms with E-state index in [1.54, 1.807) is 17.8 Å². The Morgan fingerprint density at radius 1 is 1.32 bits per heavy atom. The molecule has 0 aliphatic carbocycles. The molecule has 1 aliphatic rings. The molecule has 0 unspecified atom stereocenters. The smallest absolute Gasteiger partial charge is 0.282 e. The standard InChI is InChI=1S/C18H14ClF3N4O2/c1-24-5-11(10-2-3-13(20)12(19)4-10)15-16(24)23-9-25(17(15)28)6-14(27)26-7-18(21,22)8-26/h2-5,9H,6-8H2,1H3. The van der Waals surface area contributed by atoms with Crippen LogP contribution in [-0.4, -0.2) is 43.9 Å². The number of fused-ring (bicyclic) bond motifs is 1. The highest BCUT2D eigenvalue weighted by molar-refractivity contribution is 6.31. The van der Waals surface area contributed by atoms with E-state index in [2.05, 4.69) is 4.98 Å². The van der Waals surface area contributed by atoms with Gasteiger partial charge < -0.3 is 9.47 Å². The minimum absolute atomic E-state index is 0.0902. The lowest BCUT2D eigenvalue weighted by atomic mass is 10.1. The molecule has 3 aromatic rings. The normalized spacial score (nSPS) is 15.7. The Morgan fingerprint density at radius 2 is 2.04 bits per heavy atom. The Bertz CT molecular complexity index is 1160. The molecule has 0 atom stereocenters. The van der Waals surface area contributed by atoms with Crippen LogP contribution >= 0.6 is 11.6 Å². The fourth-order valence-corrected chi connectivity index (χ4v) is 3.41. The van der Waals surface area contributed by atoms with Gasteiger partial charge >= 0.3 is 0 Å². The van der Waals surface area contributed by atoms with Gasteiger partial charge in [-0.25, -0.2) is 18.2 Å². The van der Waals surface area contributed by atoms with Gasteiger partial charge in [-0.1, -0.05) is 17.7 Å². The number of carbonyl (C=O) groups is 1. The Labute approximate surface area is 161 Å². The van der Waals surface area contributed by atoms with Crippen LogP contribution in [0.4, 0.5) is 13.2 Å². The molecule has 3 heterocycles. The molecule has 1 aromatic carbocycles. The molecular weight excluding hydrogens is 397 g/mol. The van der Waals surface area contributed by atoms with Crippen LogP contribution in [0.3, 0.4) is 0 Å². The van der Waals surface area contributed by atoms with E-state index in [-0.39, 0.29) is 10.4 Å². The van der Waals surface area contributed by atoms with Crippen LogP contribution in [0.5, 0.6) is 0 Å². The topological polar surface area (TPSA) is 60.1 Å². The lowest BCUT2D eigenvalue weighted by Crippen LogP contribution is -2.59. The number of benzene rings is 1. The number of alkyl halides is 2. The van der Waals surface area contributed by atoms with Crippen LogP contribution in [0.1, 0.15) is 0 Å². The zero-order chi connectivity index (χ0) is 20.2. The first-order valence-electron chi connectivity index (χ1n) is 8.32. The molecule has 1 fully saturated rings. The number of rotatable bonds is 3. The molecule has 28 heavy (non-hydrogen) atoms. The van der Waals surface area contributed by atoms with Crippen LogP contribution < -0.4 is 5.56 Å². The van der Waals surface area contributed by atoms with Crippen LogP contribution in [-0.2, 0) is 18.4 Å². The van der Waals surface area contributed by atoms with Gasteiger partial charge in [-0.3, -0.25) is 14.2 Å². The van der Waals surface area contributed by atoms with Crippen molar-refractivity contribution in [1.29, 1.82) is 0 Å². The molecule has 4 rings (SSSR count). The number of hydrogen-bond acceptors (Lipinski definition) is 3. The monoisotopic (exact) mass is 410 g/mol. The summed E-state index contributed by atoms with van der Waals surface area (Å²) in [5.74, 6) is -4.05. The molecule has 0 N–H and O–H groups in total. The van der Waals surface area contributed by atoms with Crippen molar-refractivity contribution in [2.45, 2.75) is 12.5 Å². The van der Waals surface area contributed by atoms with Gasteiger partial charge in [-0.2, -0.15) is 0 Å². The maximum Gasteiger partial charge on any atom is 0.282 e. The fourth-order valence-electron chi connectivity index (χ4n) is 3.23. The predicted molar refractivity (Wildman–Crippen MR) is 96.9 cm³/mol. The van der Waals surface area contributed by atoms with Crippen molar-refractivity contribution in [2.75, 3.05) is 13.1 Å². The molecule has 1 saturated heterocycles. The molecule has 0 radical (unpaired) electrons. The molecule has 1 aliphatic heterocycles. The van der Waals surface area contributed by atoms with Gasteiger partial charge in [0.25, 0.3) is 11.5 Å². The molecule has 2 aromatic heterocycles. The van der Waals surface area contributed by atoms with Crippen molar-refractivity contribution in [2.24, 2.45) is 7.05 Å². The number of aryl methyl sites for hydroxylation is 1. The highest BCUT2D eigenvalue weighted by Crippen LogP contribution is 2.30. The Kier molecular flexibility index (Phi) is 4.22. The molecule has 0 saturated carbocycles. The second-order valence-electron chi connectivity index (χ2n) is 6.76. The minimum Gasteiger partial charge on any atom is -0.335 e. The largest absolute Gasteiger partial charge is 0.335 e. The summed E-state index contributed by atoms with van der Waals surface area (Å²) in [6.07, 6.45) is 2.87. The van der Waals surface area contributed by atoms with E-state index in [0.29, 0.717) is 16.8 Å². The third-order valence-electron chi connectivity index (χ3n) is 4.68. The highest BCUT2D eigenvalue weighted by atomic mass is 35.5. The summed E-state index contributed by atoms with van der Waals surface area (Å²) in [4.78, 5) is 30.3. The van der Waals surface area contributed by atoms with Crippen LogP contribution in [0.15, 0.2) is 35.5 Å². The SMILES string of the molecule is Cn1cc(-c2ccc(F)c(Cl)c2)c2c(=O)n(CC(=O)N3CC(F)(F)C3)cnc21. The molecule has 0 spiro atoms. The summed E-state index contributed by atoms with van der Waals surface area (Å²) in [6, 6.07) is 4.08. The van der Waals surface area contributed by atoms with E-state index < -0.39 is 42.8 Å². The van der Waals surface area contributed by atoms with Crippen LogP contribution in [0.2, 0.25) is 5.02 Å². The number of nitrogens with zero attached hydrogens (tertiary/aromatic N) is 4.